The Hall–Kier alpha value is -2.31. The Morgan fingerprint density at radius 3 is 2.72 bits per heavy atom. The second-order valence-electron chi connectivity index (χ2n) is 5.88. The third kappa shape index (κ3) is 3.55. The zero-order valence-electron chi connectivity index (χ0n) is 13.4. The first-order valence-corrected chi connectivity index (χ1v) is 8.90. The molecule has 1 aromatic heterocycles. The molecule has 0 aliphatic carbocycles. The minimum absolute atomic E-state index is 0.178. The van der Waals surface area contributed by atoms with Crippen molar-refractivity contribution in [1.82, 2.24) is 4.98 Å². The third-order valence-electron chi connectivity index (χ3n) is 4.19. The molecule has 2 aromatic carbocycles. The fourth-order valence-electron chi connectivity index (χ4n) is 2.89. The lowest BCUT2D eigenvalue weighted by Gasteiger charge is -2.33. The van der Waals surface area contributed by atoms with Gasteiger partial charge >= 0.3 is 0 Å². The zero-order valence-corrected chi connectivity index (χ0v) is 14.2. The van der Waals surface area contributed by atoms with Crippen molar-refractivity contribution in [2.75, 3.05) is 24.6 Å². The topological polar surface area (TPSA) is 25.4 Å². The first-order chi connectivity index (χ1) is 12.2. The van der Waals surface area contributed by atoms with Gasteiger partial charge in [-0.1, -0.05) is 12.1 Å². The fraction of sp³-hybridized carbons (Fsp3) is 0.211. The van der Waals surface area contributed by atoms with Crippen molar-refractivity contribution in [3.05, 3.63) is 71.1 Å². The van der Waals surface area contributed by atoms with E-state index in [0.717, 1.165) is 28.5 Å². The average Bonchev–Trinajstić information content (AvgIpc) is 3.13. The van der Waals surface area contributed by atoms with Crippen LogP contribution in [0.4, 0.5) is 13.9 Å². The lowest BCUT2D eigenvalue weighted by Crippen LogP contribution is -2.38. The quantitative estimate of drug-likeness (QED) is 0.681. The fourth-order valence-corrected chi connectivity index (χ4v) is 3.77. The van der Waals surface area contributed by atoms with Crippen molar-refractivity contribution in [2.45, 2.75) is 6.10 Å². The minimum atomic E-state index is -0.259. The molecule has 0 saturated carbocycles. The van der Waals surface area contributed by atoms with Crippen LogP contribution in [0.2, 0.25) is 0 Å². The number of hydrogen-bond acceptors (Lipinski definition) is 4. The van der Waals surface area contributed by atoms with Gasteiger partial charge in [0.2, 0.25) is 0 Å². The molecule has 2 heterocycles. The summed E-state index contributed by atoms with van der Waals surface area (Å²) in [4.78, 5) is 6.82. The van der Waals surface area contributed by atoms with Crippen LogP contribution in [0.3, 0.4) is 0 Å². The van der Waals surface area contributed by atoms with E-state index >= 15 is 0 Å². The number of thiazole rings is 1. The average molecular weight is 358 g/mol. The largest absolute Gasteiger partial charge is 0.370 e. The van der Waals surface area contributed by atoms with Crippen LogP contribution >= 0.6 is 11.3 Å². The molecule has 3 aromatic rings. The number of anilines is 1. The predicted octanol–water partition coefficient (Wildman–Crippen LogP) is 4.67. The molecule has 1 aliphatic heterocycles. The molecule has 0 N–H and O–H groups in total. The van der Waals surface area contributed by atoms with Gasteiger partial charge in [0.25, 0.3) is 0 Å². The van der Waals surface area contributed by atoms with Gasteiger partial charge in [0, 0.05) is 17.5 Å². The van der Waals surface area contributed by atoms with E-state index in [1.807, 2.05) is 11.4 Å². The number of benzene rings is 2. The summed E-state index contributed by atoms with van der Waals surface area (Å²) in [5.74, 6) is -0.517. The highest BCUT2D eigenvalue weighted by Gasteiger charge is 2.24. The Morgan fingerprint density at radius 1 is 1.08 bits per heavy atom. The number of hydrogen-bond donors (Lipinski definition) is 0. The van der Waals surface area contributed by atoms with Crippen molar-refractivity contribution < 1.29 is 13.5 Å². The smallest absolute Gasteiger partial charge is 0.186 e. The summed E-state index contributed by atoms with van der Waals surface area (Å²) in [5.41, 5.74) is 2.55. The molecular weight excluding hydrogens is 342 g/mol. The maximum absolute atomic E-state index is 13.5. The molecule has 128 valence electrons. The lowest BCUT2D eigenvalue weighted by atomic mass is 10.1. The van der Waals surface area contributed by atoms with Gasteiger partial charge in [-0.15, -0.1) is 11.3 Å². The van der Waals surface area contributed by atoms with Crippen molar-refractivity contribution in [1.29, 1.82) is 0 Å². The Kier molecular flexibility index (Phi) is 4.46. The van der Waals surface area contributed by atoms with Crippen LogP contribution in [-0.2, 0) is 4.74 Å². The molecule has 0 radical (unpaired) electrons. The summed E-state index contributed by atoms with van der Waals surface area (Å²) in [6.07, 6.45) is -0.178. The summed E-state index contributed by atoms with van der Waals surface area (Å²) in [5, 5.41) is 2.86. The van der Waals surface area contributed by atoms with Crippen LogP contribution < -0.4 is 4.90 Å². The third-order valence-corrected chi connectivity index (χ3v) is 5.09. The predicted molar refractivity (Wildman–Crippen MR) is 94.8 cm³/mol. The van der Waals surface area contributed by atoms with Crippen molar-refractivity contribution >= 4 is 16.5 Å². The Balaban J connectivity index is 1.53. The van der Waals surface area contributed by atoms with Crippen LogP contribution in [0.5, 0.6) is 0 Å². The Morgan fingerprint density at radius 2 is 1.92 bits per heavy atom. The van der Waals surface area contributed by atoms with Gasteiger partial charge in [-0.25, -0.2) is 13.8 Å². The molecule has 0 spiro atoms. The molecule has 1 fully saturated rings. The van der Waals surface area contributed by atoms with Gasteiger partial charge in [0.05, 0.1) is 18.8 Å². The second-order valence-corrected chi connectivity index (χ2v) is 6.72. The minimum Gasteiger partial charge on any atom is -0.370 e. The first kappa shape index (κ1) is 16.2. The molecule has 0 bridgehead atoms. The number of ether oxygens (including phenoxy) is 1. The highest BCUT2D eigenvalue weighted by molar-refractivity contribution is 7.14. The van der Waals surface area contributed by atoms with E-state index in [0.29, 0.717) is 13.2 Å². The molecular formula is C19H16F2N2OS. The van der Waals surface area contributed by atoms with Gasteiger partial charge in [-0.05, 0) is 42.0 Å². The Labute approximate surface area is 148 Å². The normalized spacial score (nSPS) is 17.7. The molecule has 1 saturated heterocycles. The van der Waals surface area contributed by atoms with Crippen molar-refractivity contribution in [3.8, 4) is 11.3 Å². The van der Waals surface area contributed by atoms with Gasteiger partial charge in [-0.3, -0.25) is 0 Å². The monoisotopic (exact) mass is 358 g/mol. The molecule has 0 amide bonds. The molecule has 3 nitrogen and oxygen atoms in total. The summed E-state index contributed by atoms with van der Waals surface area (Å²) in [7, 11) is 0. The van der Waals surface area contributed by atoms with Crippen LogP contribution in [0.15, 0.2) is 53.9 Å². The Bertz CT molecular complexity index is 866. The number of morpholine rings is 1. The summed E-state index contributed by atoms with van der Waals surface area (Å²) in [6.45, 7) is 1.93. The van der Waals surface area contributed by atoms with Crippen LogP contribution in [-0.4, -0.2) is 24.7 Å². The molecule has 1 atom stereocenters. The lowest BCUT2D eigenvalue weighted by molar-refractivity contribution is 0.0396. The van der Waals surface area contributed by atoms with E-state index < -0.39 is 0 Å². The maximum atomic E-state index is 13.5. The van der Waals surface area contributed by atoms with Crippen LogP contribution in [0, 0.1) is 11.6 Å². The van der Waals surface area contributed by atoms with Gasteiger partial charge in [0.1, 0.15) is 17.7 Å². The highest BCUT2D eigenvalue weighted by atomic mass is 32.1. The second kappa shape index (κ2) is 6.90. The molecule has 1 aliphatic rings. The number of aromatic nitrogens is 1. The molecule has 6 heteroatoms. The molecule has 1 unspecified atom stereocenters. The number of halogens is 2. The number of nitrogens with zero attached hydrogens (tertiary/aromatic N) is 2. The van der Waals surface area contributed by atoms with Crippen LogP contribution in [0.1, 0.15) is 11.7 Å². The van der Waals surface area contributed by atoms with E-state index in [-0.39, 0.29) is 17.7 Å². The van der Waals surface area contributed by atoms with Crippen LogP contribution in [0.25, 0.3) is 11.3 Å². The van der Waals surface area contributed by atoms with E-state index in [9.17, 15) is 8.78 Å². The van der Waals surface area contributed by atoms with Gasteiger partial charge < -0.3 is 9.64 Å². The molecule has 4 rings (SSSR count). The SMILES string of the molecule is Fc1ccc(-c2csc(N3CCOC(c4cccc(F)c4)C3)n2)cc1. The number of rotatable bonds is 3. The van der Waals surface area contributed by atoms with E-state index in [1.54, 1.807) is 29.5 Å². The van der Waals surface area contributed by atoms with E-state index in [4.69, 9.17) is 4.74 Å². The highest BCUT2D eigenvalue weighted by Crippen LogP contribution is 2.31. The maximum Gasteiger partial charge on any atom is 0.186 e. The zero-order chi connectivity index (χ0) is 17.2. The van der Waals surface area contributed by atoms with Gasteiger partial charge in [-0.2, -0.15) is 0 Å². The van der Waals surface area contributed by atoms with Crippen molar-refractivity contribution in [2.24, 2.45) is 0 Å². The molecule has 25 heavy (non-hydrogen) atoms. The van der Waals surface area contributed by atoms with Crippen molar-refractivity contribution in [3.63, 3.8) is 0 Å². The first-order valence-electron chi connectivity index (χ1n) is 8.02. The summed E-state index contributed by atoms with van der Waals surface area (Å²) < 4.78 is 32.3. The van der Waals surface area contributed by atoms with E-state index in [2.05, 4.69) is 9.88 Å². The summed E-state index contributed by atoms with van der Waals surface area (Å²) >= 11 is 1.55. The van der Waals surface area contributed by atoms with E-state index in [1.165, 1.54) is 24.3 Å². The standard InChI is InChI=1S/C19H16F2N2OS/c20-15-6-4-13(5-7-15)17-12-25-19(22-17)23-8-9-24-18(11-23)14-2-1-3-16(21)10-14/h1-7,10,12,18H,8-9,11H2. The summed E-state index contributed by atoms with van der Waals surface area (Å²) in [6, 6.07) is 12.8. The van der Waals surface area contributed by atoms with Gasteiger partial charge in [0.15, 0.2) is 5.13 Å².